The van der Waals surface area contributed by atoms with Gasteiger partial charge in [0.15, 0.2) is 0 Å². The highest BCUT2D eigenvalue weighted by Crippen LogP contribution is 2.27. The molecule has 0 radical (unpaired) electrons. The summed E-state index contributed by atoms with van der Waals surface area (Å²) < 4.78 is 0. The smallest absolute Gasteiger partial charge is 0.113 e. The summed E-state index contributed by atoms with van der Waals surface area (Å²) in [5, 5.41) is 1.16. The Balaban J connectivity index is 1.80. The number of benzene rings is 2. The van der Waals surface area contributed by atoms with Crippen LogP contribution < -0.4 is 0 Å². The molecule has 23 heavy (non-hydrogen) atoms. The molecule has 3 aromatic rings. The number of rotatable bonds is 5. The molecule has 0 spiro atoms. The fourth-order valence-corrected chi connectivity index (χ4v) is 3.11. The second-order valence-corrected chi connectivity index (χ2v) is 6.40. The van der Waals surface area contributed by atoms with E-state index in [9.17, 15) is 0 Å². The van der Waals surface area contributed by atoms with Crippen LogP contribution in [-0.2, 0) is 6.42 Å². The maximum absolute atomic E-state index is 6.08. The van der Waals surface area contributed by atoms with Gasteiger partial charge in [-0.1, -0.05) is 66.5 Å². The molecule has 1 unspecified atom stereocenters. The molecule has 0 amide bonds. The van der Waals surface area contributed by atoms with Gasteiger partial charge in [-0.05, 0) is 29.7 Å². The average molecular weight is 345 g/mol. The SMILES string of the molecule is CCC(c1ccccc1)c1ncc(Cc2ccc(Cl)c(Cl)c2)[nH]1. The highest BCUT2D eigenvalue weighted by molar-refractivity contribution is 6.42. The van der Waals surface area contributed by atoms with Gasteiger partial charge in [-0.25, -0.2) is 4.98 Å². The minimum atomic E-state index is 0.291. The van der Waals surface area contributed by atoms with Gasteiger partial charge in [-0.2, -0.15) is 0 Å². The van der Waals surface area contributed by atoms with Crippen LogP contribution in [0.3, 0.4) is 0 Å². The Labute approximate surface area is 146 Å². The Bertz CT molecular complexity index is 781. The maximum atomic E-state index is 6.08. The number of H-pyrrole nitrogens is 1. The number of aromatic amines is 1. The number of hydrogen-bond acceptors (Lipinski definition) is 1. The average Bonchev–Trinajstić information content (AvgIpc) is 3.01. The van der Waals surface area contributed by atoms with Crippen molar-refractivity contribution in [3.8, 4) is 0 Å². The van der Waals surface area contributed by atoms with Gasteiger partial charge in [0.05, 0.1) is 10.0 Å². The molecule has 1 N–H and O–H groups in total. The zero-order valence-corrected chi connectivity index (χ0v) is 14.4. The van der Waals surface area contributed by atoms with Gasteiger partial charge in [0.2, 0.25) is 0 Å². The molecular weight excluding hydrogens is 327 g/mol. The lowest BCUT2D eigenvalue weighted by Gasteiger charge is -2.12. The number of halogens is 2. The molecule has 4 heteroatoms. The summed E-state index contributed by atoms with van der Waals surface area (Å²) in [5.41, 5.74) is 3.47. The van der Waals surface area contributed by atoms with Crippen LogP contribution >= 0.6 is 23.2 Å². The second-order valence-electron chi connectivity index (χ2n) is 5.59. The summed E-state index contributed by atoms with van der Waals surface area (Å²) in [4.78, 5) is 8.04. The number of imidazole rings is 1. The lowest BCUT2D eigenvalue weighted by atomic mass is 9.96. The van der Waals surface area contributed by atoms with Crippen LogP contribution in [0.2, 0.25) is 10.0 Å². The molecule has 0 fully saturated rings. The third-order valence-electron chi connectivity index (χ3n) is 3.97. The van der Waals surface area contributed by atoms with Crippen molar-refractivity contribution in [2.24, 2.45) is 0 Å². The van der Waals surface area contributed by atoms with Crippen molar-refractivity contribution in [2.75, 3.05) is 0 Å². The van der Waals surface area contributed by atoms with E-state index in [1.807, 2.05) is 30.5 Å². The highest BCUT2D eigenvalue weighted by Gasteiger charge is 2.15. The molecule has 1 atom stereocenters. The van der Waals surface area contributed by atoms with E-state index < -0.39 is 0 Å². The first-order chi connectivity index (χ1) is 11.2. The number of aromatic nitrogens is 2. The summed E-state index contributed by atoms with van der Waals surface area (Å²) in [6.07, 6.45) is 3.67. The zero-order chi connectivity index (χ0) is 16.2. The quantitative estimate of drug-likeness (QED) is 0.617. The molecule has 1 aromatic heterocycles. The van der Waals surface area contributed by atoms with E-state index in [0.29, 0.717) is 16.0 Å². The molecule has 0 aliphatic rings. The fraction of sp³-hybridized carbons (Fsp3) is 0.211. The summed E-state index contributed by atoms with van der Waals surface area (Å²) in [6.45, 7) is 2.18. The molecule has 0 aliphatic heterocycles. The molecule has 2 nitrogen and oxygen atoms in total. The van der Waals surface area contributed by atoms with Crippen molar-refractivity contribution in [3.63, 3.8) is 0 Å². The molecular formula is C19H18Cl2N2. The number of nitrogens with one attached hydrogen (secondary N) is 1. The third-order valence-corrected chi connectivity index (χ3v) is 4.71. The number of nitrogens with zero attached hydrogens (tertiary/aromatic N) is 1. The van der Waals surface area contributed by atoms with E-state index in [-0.39, 0.29) is 0 Å². The van der Waals surface area contributed by atoms with Crippen LogP contribution in [0.15, 0.2) is 54.7 Å². The van der Waals surface area contributed by atoms with Gasteiger partial charge >= 0.3 is 0 Å². The molecule has 0 bridgehead atoms. The van der Waals surface area contributed by atoms with Crippen molar-refractivity contribution in [1.82, 2.24) is 9.97 Å². The Morgan fingerprint density at radius 3 is 2.52 bits per heavy atom. The molecule has 3 rings (SSSR count). The molecule has 1 heterocycles. The van der Waals surface area contributed by atoms with Gasteiger partial charge in [0, 0.05) is 24.2 Å². The van der Waals surface area contributed by atoms with Crippen LogP contribution in [0.5, 0.6) is 0 Å². The minimum absolute atomic E-state index is 0.291. The van der Waals surface area contributed by atoms with E-state index >= 15 is 0 Å². The van der Waals surface area contributed by atoms with E-state index in [0.717, 1.165) is 29.9 Å². The largest absolute Gasteiger partial charge is 0.345 e. The van der Waals surface area contributed by atoms with Gasteiger partial charge in [0.25, 0.3) is 0 Å². The van der Waals surface area contributed by atoms with Crippen molar-refractivity contribution in [3.05, 3.63) is 87.4 Å². The lowest BCUT2D eigenvalue weighted by molar-refractivity contribution is 0.727. The first-order valence-electron chi connectivity index (χ1n) is 7.70. The second kappa shape index (κ2) is 7.20. The van der Waals surface area contributed by atoms with Crippen molar-refractivity contribution in [1.29, 1.82) is 0 Å². The van der Waals surface area contributed by atoms with Gasteiger partial charge in [-0.15, -0.1) is 0 Å². The predicted molar refractivity (Wildman–Crippen MR) is 96.4 cm³/mol. The van der Waals surface area contributed by atoms with Gasteiger partial charge in [0.1, 0.15) is 5.82 Å². The van der Waals surface area contributed by atoms with Crippen LogP contribution in [0.1, 0.15) is 41.9 Å². The summed E-state index contributed by atoms with van der Waals surface area (Å²) in [5.74, 6) is 1.30. The third kappa shape index (κ3) is 3.77. The zero-order valence-electron chi connectivity index (χ0n) is 12.9. The van der Waals surface area contributed by atoms with Crippen LogP contribution in [0.4, 0.5) is 0 Å². The Hall–Kier alpha value is -1.77. The Kier molecular flexibility index (Phi) is 5.04. The Morgan fingerprint density at radius 1 is 1.04 bits per heavy atom. The molecule has 0 saturated carbocycles. The fourth-order valence-electron chi connectivity index (χ4n) is 2.79. The predicted octanol–water partition coefficient (Wildman–Crippen LogP) is 5.85. The summed E-state index contributed by atoms with van der Waals surface area (Å²) >= 11 is 12.0. The van der Waals surface area contributed by atoms with Crippen LogP contribution in [0, 0.1) is 0 Å². The molecule has 2 aromatic carbocycles. The first-order valence-corrected chi connectivity index (χ1v) is 8.45. The normalized spacial score (nSPS) is 12.3. The first kappa shape index (κ1) is 16.1. The number of hydrogen-bond donors (Lipinski definition) is 1. The topological polar surface area (TPSA) is 28.7 Å². The van der Waals surface area contributed by atoms with E-state index in [1.165, 1.54) is 5.56 Å². The van der Waals surface area contributed by atoms with Crippen molar-refractivity contribution in [2.45, 2.75) is 25.7 Å². The van der Waals surface area contributed by atoms with Gasteiger partial charge < -0.3 is 4.98 Å². The van der Waals surface area contributed by atoms with E-state index in [4.69, 9.17) is 23.2 Å². The van der Waals surface area contributed by atoms with Crippen molar-refractivity contribution < 1.29 is 0 Å². The van der Waals surface area contributed by atoms with Crippen molar-refractivity contribution >= 4 is 23.2 Å². The summed E-state index contributed by atoms with van der Waals surface area (Å²) in [7, 11) is 0. The van der Waals surface area contributed by atoms with Crippen LogP contribution in [0.25, 0.3) is 0 Å². The van der Waals surface area contributed by atoms with Crippen LogP contribution in [-0.4, -0.2) is 9.97 Å². The Morgan fingerprint density at radius 2 is 1.83 bits per heavy atom. The molecule has 0 saturated heterocycles. The highest BCUT2D eigenvalue weighted by atomic mass is 35.5. The maximum Gasteiger partial charge on any atom is 0.113 e. The lowest BCUT2D eigenvalue weighted by Crippen LogP contribution is -2.02. The van der Waals surface area contributed by atoms with E-state index in [2.05, 4.69) is 41.2 Å². The standard InChI is InChI=1S/C19H18Cl2N2/c1-2-16(14-6-4-3-5-7-14)19-22-12-15(23-19)10-13-8-9-17(20)18(21)11-13/h3-9,11-12,16H,2,10H2,1H3,(H,22,23). The summed E-state index contributed by atoms with van der Waals surface area (Å²) in [6, 6.07) is 16.2. The van der Waals surface area contributed by atoms with E-state index in [1.54, 1.807) is 0 Å². The molecule has 0 aliphatic carbocycles. The minimum Gasteiger partial charge on any atom is -0.345 e. The monoisotopic (exact) mass is 344 g/mol. The van der Waals surface area contributed by atoms with Gasteiger partial charge in [-0.3, -0.25) is 0 Å². The molecule has 118 valence electrons.